The third-order valence-electron chi connectivity index (χ3n) is 4.15. The standard InChI is InChI=1S/C12H22FN/c1-11(5-2-3-6-11)9-12(13)7-4-10(14)8-12/h10H,2-9,14H2,1H3. The van der Waals surface area contributed by atoms with E-state index < -0.39 is 5.67 Å². The molecule has 0 spiro atoms. The van der Waals surface area contributed by atoms with Crippen molar-refractivity contribution in [3.8, 4) is 0 Å². The lowest BCUT2D eigenvalue weighted by atomic mass is 9.77. The van der Waals surface area contributed by atoms with Crippen molar-refractivity contribution in [1.29, 1.82) is 0 Å². The van der Waals surface area contributed by atoms with E-state index in [0.717, 1.165) is 12.8 Å². The first-order valence-corrected chi connectivity index (χ1v) is 5.96. The molecule has 2 rings (SSSR count). The van der Waals surface area contributed by atoms with Gasteiger partial charge in [-0.05, 0) is 43.9 Å². The van der Waals surface area contributed by atoms with Gasteiger partial charge in [0.1, 0.15) is 5.67 Å². The summed E-state index contributed by atoms with van der Waals surface area (Å²) in [4.78, 5) is 0. The summed E-state index contributed by atoms with van der Waals surface area (Å²) in [6.45, 7) is 2.26. The van der Waals surface area contributed by atoms with Gasteiger partial charge >= 0.3 is 0 Å². The third kappa shape index (κ3) is 2.10. The first-order chi connectivity index (χ1) is 6.52. The van der Waals surface area contributed by atoms with Crippen LogP contribution < -0.4 is 5.73 Å². The van der Waals surface area contributed by atoms with Crippen LogP contribution in [0.15, 0.2) is 0 Å². The predicted octanol–water partition coefficient (Wildman–Crippen LogP) is 3.18. The van der Waals surface area contributed by atoms with Gasteiger partial charge in [-0.1, -0.05) is 19.8 Å². The van der Waals surface area contributed by atoms with E-state index in [1.807, 2.05) is 0 Å². The van der Waals surface area contributed by atoms with E-state index in [-0.39, 0.29) is 11.5 Å². The number of halogens is 1. The molecule has 0 aromatic heterocycles. The summed E-state index contributed by atoms with van der Waals surface area (Å²) in [6, 6.07) is 0.116. The minimum atomic E-state index is -0.932. The van der Waals surface area contributed by atoms with Gasteiger partial charge in [0, 0.05) is 6.04 Å². The minimum absolute atomic E-state index is 0.116. The summed E-state index contributed by atoms with van der Waals surface area (Å²) in [5.41, 5.74) is 5.13. The molecule has 0 heterocycles. The monoisotopic (exact) mass is 199 g/mol. The van der Waals surface area contributed by atoms with E-state index in [2.05, 4.69) is 6.92 Å². The Balaban J connectivity index is 1.96. The van der Waals surface area contributed by atoms with Gasteiger partial charge in [0.2, 0.25) is 0 Å². The van der Waals surface area contributed by atoms with E-state index >= 15 is 0 Å². The molecule has 1 nitrogen and oxygen atoms in total. The Morgan fingerprint density at radius 3 is 2.43 bits per heavy atom. The highest BCUT2D eigenvalue weighted by molar-refractivity contribution is 4.97. The van der Waals surface area contributed by atoms with Crippen molar-refractivity contribution >= 4 is 0 Å². The first-order valence-electron chi connectivity index (χ1n) is 5.96. The molecule has 2 aliphatic rings. The lowest BCUT2D eigenvalue weighted by Gasteiger charge is -2.31. The van der Waals surface area contributed by atoms with Crippen LogP contribution in [0.5, 0.6) is 0 Å². The number of nitrogens with two attached hydrogens (primary N) is 1. The van der Waals surface area contributed by atoms with Gasteiger partial charge in [0.15, 0.2) is 0 Å². The Labute approximate surface area is 86.2 Å². The zero-order valence-electron chi connectivity index (χ0n) is 9.19. The molecule has 0 aromatic rings. The maximum Gasteiger partial charge on any atom is 0.113 e. The molecular formula is C12H22FN. The fraction of sp³-hybridized carbons (Fsp3) is 1.00. The maximum absolute atomic E-state index is 14.4. The Bertz CT molecular complexity index is 210. The summed E-state index contributed by atoms with van der Waals surface area (Å²) in [5.74, 6) is 0. The van der Waals surface area contributed by atoms with Gasteiger partial charge in [-0.2, -0.15) is 0 Å². The van der Waals surface area contributed by atoms with Crippen molar-refractivity contribution in [2.45, 2.75) is 70.0 Å². The molecule has 14 heavy (non-hydrogen) atoms. The average Bonchev–Trinajstić information content (AvgIpc) is 2.59. The average molecular weight is 199 g/mol. The quantitative estimate of drug-likeness (QED) is 0.726. The molecule has 0 amide bonds. The minimum Gasteiger partial charge on any atom is -0.328 e. The molecule has 0 aliphatic heterocycles. The second-order valence-corrected chi connectivity index (χ2v) is 5.85. The highest BCUT2D eigenvalue weighted by Crippen LogP contribution is 2.49. The number of hydrogen-bond donors (Lipinski definition) is 1. The van der Waals surface area contributed by atoms with Crippen LogP contribution in [0.3, 0.4) is 0 Å². The van der Waals surface area contributed by atoms with Crippen LogP contribution in [0.1, 0.15) is 58.3 Å². The van der Waals surface area contributed by atoms with Crippen LogP contribution in [0.4, 0.5) is 4.39 Å². The molecule has 2 atom stereocenters. The number of alkyl halides is 1. The zero-order chi connectivity index (χ0) is 10.2. The smallest absolute Gasteiger partial charge is 0.113 e. The SMILES string of the molecule is CC1(CC2(F)CCC(N)C2)CCCC1. The predicted molar refractivity (Wildman–Crippen MR) is 56.9 cm³/mol. The lowest BCUT2D eigenvalue weighted by molar-refractivity contribution is 0.0903. The molecule has 0 radical (unpaired) electrons. The summed E-state index contributed by atoms with van der Waals surface area (Å²) in [5, 5.41) is 0. The van der Waals surface area contributed by atoms with Gasteiger partial charge in [-0.15, -0.1) is 0 Å². The summed E-state index contributed by atoms with van der Waals surface area (Å²) in [7, 11) is 0. The van der Waals surface area contributed by atoms with E-state index in [1.165, 1.54) is 25.7 Å². The van der Waals surface area contributed by atoms with Gasteiger partial charge < -0.3 is 5.73 Å². The van der Waals surface area contributed by atoms with Crippen LogP contribution >= 0.6 is 0 Å². The fourth-order valence-electron chi connectivity index (χ4n) is 3.45. The lowest BCUT2D eigenvalue weighted by Crippen LogP contribution is -2.30. The Kier molecular flexibility index (Phi) is 2.59. The third-order valence-corrected chi connectivity index (χ3v) is 4.15. The Morgan fingerprint density at radius 2 is 1.93 bits per heavy atom. The summed E-state index contributed by atoms with van der Waals surface area (Å²) in [6.07, 6.45) is 7.95. The van der Waals surface area contributed by atoms with Crippen LogP contribution in [0.2, 0.25) is 0 Å². The van der Waals surface area contributed by atoms with Crippen molar-refractivity contribution < 1.29 is 4.39 Å². The molecule has 2 N–H and O–H groups in total. The normalized spacial score (nSPS) is 41.8. The highest BCUT2D eigenvalue weighted by atomic mass is 19.1. The highest BCUT2D eigenvalue weighted by Gasteiger charge is 2.44. The molecule has 82 valence electrons. The molecule has 0 bridgehead atoms. The van der Waals surface area contributed by atoms with Crippen molar-refractivity contribution in [2.75, 3.05) is 0 Å². The Morgan fingerprint density at radius 1 is 1.29 bits per heavy atom. The van der Waals surface area contributed by atoms with Crippen LogP contribution in [0, 0.1) is 5.41 Å². The first kappa shape index (κ1) is 10.4. The van der Waals surface area contributed by atoms with E-state index in [1.54, 1.807) is 0 Å². The summed E-state index contributed by atoms with van der Waals surface area (Å²) >= 11 is 0. The fourth-order valence-corrected chi connectivity index (χ4v) is 3.45. The molecule has 0 aromatic carbocycles. The van der Waals surface area contributed by atoms with Crippen LogP contribution in [-0.4, -0.2) is 11.7 Å². The second kappa shape index (κ2) is 3.48. The molecule has 2 aliphatic carbocycles. The van der Waals surface area contributed by atoms with Crippen molar-refractivity contribution in [2.24, 2.45) is 11.1 Å². The van der Waals surface area contributed by atoms with E-state index in [4.69, 9.17) is 5.73 Å². The zero-order valence-corrected chi connectivity index (χ0v) is 9.19. The molecule has 2 saturated carbocycles. The van der Waals surface area contributed by atoms with Gasteiger partial charge in [-0.3, -0.25) is 0 Å². The number of hydrogen-bond acceptors (Lipinski definition) is 1. The van der Waals surface area contributed by atoms with Gasteiger partial charge in [-0.25, -0.2) is 4.39 Å². The molecular weight excluding hydrogens is 177 g/mol. The largest absolute Gasteiger partial charge is 0.328 e. The second-order valence-electron chi connectivity index (χ2n) is 5.85. The van der Waals surface area contributed by atoms with Crippen molar-refractivity contribution in [3.63, 3.8) is 0 Å². The van der Waals surface area contributed by atoms with Crippen molar-refractivity contribution in [1.82, 2.24) is 0 Å². The molecule has 2 unspecified atom stereocenters. The molecule has 2 fully saturated rings. The maximum atomic E-state index is 14.4. The van der Waals surface area contributed by atoms with E-state index in [0.29, 0.717) is 12.8 Å². The van der Waals surface area contributed by atoms with Gasteiger partial charge in [0.25, 0.3) is 0 Å². The molecule has 0 saturated heterocycles. The number of rotatable bonds is 2. The van der Waals surface area contributed by atoms with Crippen LogP contribution in [-0.2, 0) is 0 Å². The molecule has 2 heteroatoms. The topological polar surface area (TPSA) is 26.0 Å². The Hall–Kier alpha value is -0.110. The van der Waals surface area contributed by atoms with Crippen molar-refractivity contribution in [3.05, 3.63) is 0 Å². The van der Waals surface area contributed by atoms with E-state index in [9.17, 15) is 4.39 Å². The van der Waals surface area contributed by atoms with Crippen LogP contribution in [0.25, 0.3) is 0 Å². The van der Waals surface area contributed by atoms with Gasteiger partial charge in [0.05, 0.1) is 0 Å². The summed E-state index contributed by atoms with van der Waals surface area (Å²) < 4.78 is 14.4.